The maximum atomic E-state index is 12.2. The monoisotopic (exact) mass is 409 g/mol. The van der Waals surface area contributed by atoms with Gasteiger partial charge in [0.15, 0.2) is 0 Å². The van der Waals surface area contributed by atoms with E-state index in [-0.39, 0.29) is 17.8 Å². The van der Waals surface area contributed by atoms with Gasteiger partial charge in [-0.3, -0.25) is 4.79 Å². The minimum atomic E-state index is -0.536. The molecule has 0 bridgehead atoms. The molecule has 0 aliphatic heterocycles. The summed E-state index contributed by atoms with van der Waals surface area (Å²) >= 11 is 0. The van der Waals surface area contributed by atoms with Crippen molar-refractivity contribution < 1.29 is 14.3 Å². The Kier molecular flexibility index (Phi) is 15.9. The Morgan fingerprint density at radius 3 is 1.79 bits per heavy atom. The fourth-order valence-corrected chi connectivity index (χ4v) is 4.17. The Hall–Kier alpha value is -1.06. The van der Waals surface area contributed by atoms with E-state index < -0.39 is 6.04 Å². The first-order chi connectivity index (χ1) is 14.1. The average molecular weight is 410 g/mol. The molecule has 0 aromatic carbocycles. The average Bonchev–Trinajstić information content (AvgIpc) is 2.74. The molecule has 1 atom stereocenters. The van der Waals surface area contributed by atoms with Crippen LogP contribution in [0.2, 0.25) is 0 Å². The molecule has 1 N–H and O–H groups in total. The van der Waals surface area contributed by atoms with Gasteiger partial charge in [-0.15, -0.1) is 0 Å². The smallest absolute Gasteiger partial charge is 0.328 e. The van der Waals surface area contributed by atoms with E-state index in [9.17, 15) is 9.59 Å². The summed E-state index contributed by atoms with van der Waals surface area (Å²) in [6, 6.07) is -0.536. The molecule has 4 heteroatoms. The van der Waals surface area contributed by atoms with Gasteiger partial charge in [0.05, 0.1) is 6.61 Å². The molecule has 0 spiro atoms. The van der Waals surface area contributed by atoms with Crippen LogP contribution in [0.1, 0.15) is 129 Å². The van der Waals surface area contributed by atoms with Crippen LogP contribution in [0.25, 0.3) is 0 Å². The van der Waals surface area contributed by atoms with E-state index in [1.54, 1.807) is 6.92 Å². The molecule has 0 saturated heterocycles. The topological polar surface area (TPSA) is 55.4 Å². The van der Waals surface area contributed by atoms with Gasteiger partial charge in [-0.05, 0) is 26.2 Å². The molecule has 1 aliphatic carbocycles. The van der Waals surface area contributed by atoms with Gasteiger partial charge in [-0.2, -0.15) is 0 Å². The molecular weight excluding hydrogens is 362 g/mol. The Morgan fingerprint density at radius 1 is 0.793 bits per heavy atom. The Morgan fingerprint density at radius 2 is 1.28 bits per heavy atom. The van der Waals surface area contributed by atoms with E-state index in [1.165, 1.54) is 77.0 Å². The van der Waals surface area contributed by atoms with Crippen LogP contribution in [0.15, 0.2) is 0 Å². The molecule has 29 heavy (non-hydrogen) atoms. The van der Waals surface area contributed by atoms with Crippen LogP contribution < -0.4 is 5.32 Å². The Bertz CT molecular complexity index is 418. The maximum absolute atomic E-state index is 12.2. The van der Waals surface area contributed by atoms with Crippen molar-refractivity contribution in [3.8, 4) is 0 Å². The summed E-state index contributed by atoms with van der Waals surface area (Å²) in [4.78, 5) is 24.2. The number of carbonyl (C=O) groups is 2. The minimum Gasteiger partial charge on any atom is -0.464 e. The molecule has 0 aromatic rings. The zero-order chi connectivity index (χ0) is 21.2. The van der Waals surface area contributed by atoms with E-state index in [1.807, 2.05) is 0 Å². The van der Waals surface area contributed by atoms with Crippen molar-refractivity contribution in [3.05, 3.63) is 0 Å². The number of unbranched alkanes of at least 4 members (excludes halogenated alkanes) is 12. The number of esters is 1. The predicted octanol–water partition coefficient (Wildman–Crippen LogP) is 6.71. The lowest BCUT2D eigenvalue weighted by atomic mass is 9.88. The highest BCUT2D eigenvalue weighted by molar-refractivity contribution is 5.85. The third kappa shape index (κ3) is 13.7. The first-order valence-corrected chi connectivity index (χ1v) is 12.6. The molecule has 1 saturated carbocycles. The second-order valence-electron chi connectivity index (χ2n) is 8.98. The van der Waals surface area contributed by atoms with Crippen molar-refractivity contribution in [2.24, 2.45) is 5.92 Å². The summed E-state index contributed by atoms with van der Waals surface area (Å²) in [5.74, 6) is -0.191. The quantitative estimate of drug-likeness (QED) is 0.215. The summed E-state index contributed by atoms with van der Waals surface area (Å²) in [7, 11) is 0. The largest absolute Gasteiger partial charge is 0.464 e. The standard InChI is InChI=1S/C25H47NO3/c1-3-4-5-6-7-8-9-10-11-12-13-14-18-21-29-25(28)22(2)26-24(27)23-19-16-15-17-20-23/h22-23H,3-21H2,1-2H3,(H,26,27). The van der Waals surface area contributed by atoms with Crippen LogP contribution >= 0.6 is 0 Å². The molecule has 1 rings (SSSR count). The molecule has 1 aliphatic rings. The van der Waals surface area contributed by atoms with Crippen LogP contribution in [0, 0.1) is 5.92 Å². The summed E-state index contributed by atoms with van der Waals surface area (Å²) < 4.78 is 5.34. The lowest BCUT2D eigenvalue weighted by Gasteiger charge is -2.22. The second-order valence-corrected chi connectivity index (χ2v) is 8.98. The van der Waals surface area contributed by atoms with E-state index in [2.05, 4.69) is 12.2 Å². The Labute approximate surface area is 179 Å². The fourth-order valence-electron chi connectivity index (χ4n) is 4.17. The third-order valence-corrected chi connectivity index (χ3v) is 6.18. The zero-order valence-electron chi connectivity index (χ0n) is 19.3. The number of rotatable bonds is 17. The number of hydrogen-bond acceptors (Lipinski definition) is 3. The van der Waals surface area contributed by atoms with E-state index >= 15 is 0 Å². The van der Waals surface area contributed by atoms with Crippen molar-refractivity contribution in [1.29, 1.82) is 0 Å². The molecule has 0 radical (unpaired) electrons. The van der Waals surface area contributed by atoms with Crippen LogP contribution in [0.5, 0.6) is 0 Å². The first kappa shape index (κ1) is 26.0. The number of amides is 1. The van der Waals surface area contributed by atoms with Crippen LogP contribution in [-0.4, -0.2) is 24.5 Å². The van der Waals surface area contributed by atoms with Crippen molar-refractivity contribution in [1.82, 2.24) is 5.32 Å². The van der Waals surface area contributed by atoms with Gasteiger partial charge >= 0.3 is 5.97 Å². The second kappa shape index (κ2) is 17.8. The fraction of sp³-hybridized carbons (Fsp3) is 0.920. The van der Waals surface area contributed by atoms with Gasteiger partial charge in [-0.1, -0.05) is 103 Å². The molecule has 4 nitrogen and oxygen atoms in total. The van der Waals surface area contributed by atoms with Crippen molar-refractivity contribution >= 4 is 11.9 Å². The summed E-state index contributed by atoms with van der Waals surface area (Å²) in [5.41, 5.74) is 0. The van der Waals surface area contributed by atoms with E-state index in [0.717, 1.165) is 38.5 Å². The normalized spacial score (nSPS) is 15.8. The van der Waals surface area contributed by atoms with Gasteiger partial charge < -0.3 is 10.1 Å². The third-order valence-electron chi connectivity index (χ3n) is 6.18. The molecule has 0 heterocycles. The number of carbonyl (C=O) groups excluding carboxylic acids is 2. The maximum Gasteiger partial charge on any atom is 0.328 e. The molecule has 1 amide bonds. The lowest BCUT2D eigenvalue weighted by Crippen LogP contribution is -2.43. The Balaban J connectivity index is 1.88. The highest BCUT2D eigenvalue weighted by atomic mass is 16.5. The minimum absolute atomic E-state index is 0.0232. The summed E-state index contributed by atoms with van der Waals surface area (Å²) in [6.45, 7) is 4.47. The summed E-state index contributed by atoms with van der Waals surface area (Å²) in [5, 5.41) is 2.84. The van der Waals surface area contributed by atoms with Gasteiger partial charge in [0.25, 0.3) is 0 Å². The van der Waals surface area contributed by atoms with Crippen molar-refractivity contribution in [3.63, 3.8) is 0 Å². The number of nitrogens with one attached hydrogen (secondary N) is 1. The van der Waals surface area contributed by atoms with Crippen LogP contribution in [0.4, 0.5) is 0 Å². The van der Waals surface area contributed by atoms with Crippen LogP contribution in [-0.2, 0) is 14.3 Å². The molecule has 1 unspecified atom stereocenters. The SMILES string of the molecule is CCCCCCCCCCCCCCCOC(=O)C(C)NC(=O)C1CCCCC1. The van der Waals surface area contributed by atoms with Crippen molar-refractivity contribution in [2.75, 3.05) is 6.61 Å². The highest BCUT2D eigenvalue weighted by Gasteiger charge is 2.24. The van der Waals surface area contributed by atoms with Gasteiger partial charge in [-0.25, -0.2) is 4.79 Å². The predicted molar refractivity (Wildman–Crippen MR) is 121 cm³/mol. The van der Waals surface area contributed by atoms with E-state index in [0.29, 0.717) is 6.61 Å². The highest BCUT2D eigenvalue weighted by Crippen LogP contribution is 2.23. The molecule has 170 valence electrons. The number of ether oxygens (including phenoxy) is 1. The molecular formula is C25H47NO3. The van der Waals surface area contributed by atoms with Crippen molar-refractivity contribution in [2.45, 2.75) is 135 Å². The van der Waals surface area contributed by atoms with Gasteiger partial charge in [0, 0.05) is 5.92 Å². The number of hydrogen-bond donors (Lipinski definition) is 1. The first-order valence-electron chi connectivity index (χ1n) is 12.6. The zero-order valence-corrected chi connectivity index (χ0v) is 19.3. The molecule has 0 aromatic heterocycles. The van der Waals surface area contributed by atoms with Gasteiger partial charge in [0.1, 0.15) is 6.04 Å². The van der Waals surface area contributed by atoms with Crippen LogP contribution in [0.3, 0.4) is 0 Å². The van der Waals surface area contributed by atoms with E-state index in [4.69, 9.17) is 4.74 Å². The molecule has 1 fully saturated rings. The lowest BCUT2D eigenvalue weighted by molar-refractivity contribution is -0.148. The summed E-state index contributed by atoms with van der Waals surface area (Å²) in [6.07, 6.45) is 22.3. The van der Waals surface area contributed by atoms with Gasteiger partial charge in [0.2, 0.25) is 5.91 Å².